The number of para-hydroxylation sites is 1. The van der Waals surface area contributed by atoms with Crippen molar-refractivity contribution in [3.63, 3.8) is 0 Å². The van der Waals surface area contributed by atoms with Crippen LogP contribution in [0.5, 0.6) is 0 Å². The number of carbonyl (C=O) groups excluding carboxylic acids is 1. The molecule has 0 atom stereocenters. The lowest BCUT2D eigenvalue weighted by Gasteiger charge is -2.15. The van der Waals surface area contributed by atoms with Gasteiger partial charge >= 0.3 is 0 Å². The fourth-order valence-corrected chi connectivity index (χ4v) is 2.52. The number of nitrogens with one attached hydrogen (secondary N) is 1. The summed E-state index contributed by atoms with van der Waals surface area (Å²) in [6.07, 6.45) is 0.835. The predicted octanol–water partition coefficient (Wildman–Crippen LogP) is 3.48. The second-order valence-corrected chi connectivity index (χ2v) is 4.87. The van der Waals surface area contributed by atoms with Gasteiger partial charge < -0.3 is 10.2 Å². The van der Waals surface area contributed by atoms with Gasteiger partial charge in [0.2, 0.25) is 5.91 Å². The Kier molecular flexibility index (Phi) is 3.14. The van der Waals surface area contributed by atoms with E-state index in [-0.39, 0.29) is 11.7 Å². The smallest absolute Gasteiger partial charge is 0.223 e. The second kappa shape index (κ2) is 4.96. The Labute approximate surface area is 117 Å². The van der Waals surface area contributed by atoms with E-state index in [1.54, 1.807) is 30.0 Å². The van der Waals surface area contributed by atoms with E-state index in [1.807, 2.05) is 18.2 Å². The number of carbonyl (C=O) groups is 1. The number of fused-ring (bicyclic) bond motifs is 1. The van der Waals surface area contributed by atoms with Crippen LogP contribution < -0.4 is 10.2 Å². The molecule has 0 radical (unpaired) electrons. The molecule has 1 aliphatic rings. The minimum Gasteiger partial charge on any atom is -0.353 e. The molecule has 3 nitrogen and oxygen atoms in total. The molecule has 0 aliphatic carbocycles. The molecule has 1 amide bonds. The molecule has 102 valence electrons. The summed E-state index contributed by atoms with van der Waals surface area (Å²) < 4.78 is 13.6. The van der Waals surface area contributed by atoms with Crippen molar-refractivity contribution < 1.29 is 9.18 Å². The molecule has 0 aromatic heterocycles. The molecule has 2 aromatic rings. The third-order valence-electron chi connectivity index (χ3n) is 3.51. The van der Waals surface area contributed by atoms with E-state index in [9.17, 15) is 9.18 Å². The van der Waals surface area contributed by atoms with E-state index in [2.05, 4.69) is 5.32 Å². The van der Waals surface area contributed by atoms with Gasteiger partial charge in [0.25, 0.3) is 0 Å². The zero-order valence-corrected chi connectivity index (χ0v) is 11.2. The zero-order valence-electron chi connectivity index (χ0n) is 11.2. The van der Waals surface area contributed by atoms with Crippen molar-refractivity contribution in [2.45, 2.75) is 13.3 Å². The Morgan fingerprint density at radius 2 is 2.05 bits per heavy atom. The maximum Gasteiger partial charge on any atom is 0.223 e. The number of nitrogens with zero attached hydrogens (tertiary/aromatic N) is 1. The summed E-state index contributed by atoms with van der Waals surface area (Å²) in [7, 11) is 0. The van der Waals surface area contributed by atoms with Gasteiger partial charge in [-0.2, -0.15) is 0 Å². The maximum atomic E-state index is 13.6. The van der Waals surface area contributed by atoms with Gasteiger partial charge in [0, 0.05) is 24.8 Å². The summed E-state index contributed by atoms with van der Waals surface area (Å²) in [6.45, 7) is 2.29. The molecule has 0 spiro atoms. The summed E-state index contributed by atoms with van der Waals surface area (Å²) in [5, 5.41) is 3.07. The van der Waals surface area contributed by atoms with Crippen molar-refractivity contribution in [2.75, 3.05) is 16.8 Å². The molecule has 20 heavy (non-hydrogen) atoms. The molecule has 1 aliphatic heterocycles. The van der Waals surface area contributed by atoms with Crippen molar-refractivity contribution in [3.8, 4) is 0 Å². The summed E-state index contributed by atoms with van der Waals surface area (Å²) >= 11 is 0. The number of hydrogen-bond acceptors (Lipinski definition) is 2. The van der Waals surface area contributed by atoms with Gasteiger partial charge in [-0.3, -0.25) is 4.79 Å². The third-order valence-corrected chi connectivity index (χ3v) is 3.51. The van der Waals surface area contributed by atoms with Gasteiger partial charge in [-0.05, 0) is 42.3 Å². The Morgan fingerprint density at radius 1 is 1.25 bits per heavy atom. The highest BCUT2D eigenvalue weighted by atomic mass is 19.1. The number of anilines is 3. The van der Waals surface area contributed by atoms with E-state index in [0.717, 1.165) is 23.4 Å². The normalized spacial score (nSPS) is 13.2. The lowest BCUT2D eigenvalue weighted by Crippen LogP contribution is -2.25. The molecule has 4 heteroatoms. The Morgan fingerprint density at radius 3 is 2.80 bits per heavy atom. The first-order chi connectivity index (χ1) is 9.65. The quantitative estimate of drug-likeness (QED) is 0.906. The SMILES string of the molecule is CC(=O)N1CCc2cc(Nc3ccccc3F)ccc21. The first-order valence-corrected chi connectivity index (χ1v) is 6.58. The largest absolute Gasteiger partial charge is 0.353 e. The third kappa shape index (κ3) is 2.25. The van der Waals surface area contributed by atoms with E-state index >= 15 is 0 Å². The Hall–Kier alpha value is -2.36. The van der Waals surface area contributed by atoms with Crippen molar-refractivity contribution in [1.82, 2.24) is 0 Å². The lowest BCUT2D eigenvalue weighted by atomic mass is 10.1. The van der Waals surface area contributed by atoms with Crippen molar-refractivity contribution in [1.29, 1.82) is 0 Å². The van der Waals surface area contributed by atoms with Crippen molar-refractivity contribution >= 4 is 23.0 Å². The minimum atomic E-state index is -0.279. The first kappa shape index (κ1) is 12.7. The van der Waals surface area contributed by atoms with Crippen LogP contribution in [-0.4, -0.2) is 12.5 Å². The molecule has 0 saturated heterocycles. The van der Waals surface area contributed by atoms with Crippen molar-refractivity contribution in [3.05, 3.63) is 53.8 Å². The highest BCUT2D eigenvalue weighted by molar-refractivity contribution is 5.94. The highest BCUT2D eigenvalue weighted by Gasteiger charge is 2.22. The van der Waals surface area contributed by atoms with Crippen LogP contribution in [0.4, 0.5) is 21.5 Å². The van der Waals surface area contributed by atoms with Gasteiger partial charge in [0.1, 0.15) is 5.82 Å². The Bertz CT molecular complexity index is 669. The average Bonchev–Trinajstić information content (AvgIpc) is 2.84. The molecule has 0 bridgehead atoms. The van der Waals surface area contributed by atoms with Gasteiger partial charge in [-0.1, -0.05) is 12.1 Å². The summed E-state index contributed by atoms with van der Waals surface area (Å²) in [5.74, 6) is -0.225. The highest BCUT2D eigenvalue weighted by Crippen LogP contribution is 2.31. The van der Waals surface area contributed by atoms with Crippen LogP contribution in [-0.2, 0) is 11.2 Å². The topological polar surface area (TPSA) is 32.3 Å². The average molecular weight is 270 g/mol. The predicted molar refractivity (Wildman–Crippen MR) is 77.9 cm³/mol. The minimum absolute atomic E-state index is 0.0542. The standard InChI is InChI=1S/C16H15FN2O/c1-11(20)19-9-8-12-10-13(6-7-16(12)19)18-15-5-3-2-4-14(15)17/h2-7,10,18H,8-9H2,1H3. The number of halogens is 1. The fourth-order valence-electron chi connectivity index (χ4n) is 2.52. The second-order valence-electron chi connectivity index (χ2n) is 4.87. The first-order valence-electron chi connectivity index (χ1n) is 6.58. The molecule has 0 fully saturated rings. The van der Waals surface area contributed by atoms with Gasteiger partial charge in [0.05, 0.1) is 5.69 Å². The molecule has 3 rings (SSSR count). The Balaban J connectivity index is 1.87. The summed E-state index contributed by atoms with van der Waals surface area (Å²) in [4.78, 5) is 13.3. The molecular weight excluding hydrogens is 255 g/mol. The lowest BCUT2D eigenvalue weighted by molar-refractivity contribution is -0.116. The molecule has 0 unspecified atom stereocenters. The molecule has 1 N–H and O–H groups in total. The zero-order chi connectivity index (χ0) is 14.1. The van der Waals surface area contributed by atoms with Crippen LogP contribution in [0.2, 0.25) is 0 Å². The van der Waals surface area contributed by atoms with Crippen LogP contribution in [0.25, 0.3) is 0 Å². The van der Waals surface area contributed by atoms with E-state index in [4.69, 9.17) is 0 Å². The number of benzene rings is 2. The van der Waals surface area contributed by atoms with E-state index < -0.39 is 0 Å². The maximum absolute atomic E-state index is 13.6. The van der Waals surface area contributed by atoms with Gasteiger partial charge in [-0.15, -0.1) is 0 Å². The summed E-state index contributed by atoms with van der Waals surface area (Å²) in [6, 6.07) is 12.3. The van der Waals surface area contributed by atoms with Crippen LogP contribution in [0, 0.1) is 5.82 Å². The van der Waals surface area contributed by atoms with Gasteiger partial charge in [-0.25, -0.2) is 4.39 Å². The summed E-state index contributed by atoms with van der Waals surface area (Å²) in [5.41, 5.74) is 3.35. The molecular formula is C16H15FN2O. The number of hydrogen-bond donors (Lipinski definition) is 1. The van der Waals surface area contributed by atoms with Gasteiger partial charge in [0.15, 0.2) is 0 Å². The van der Waals surface area contributed by atoms with Crippen molar-refractivity contribution in [2.24, 2.45) is 0 Å². The molecule has 2 aromatic carbocycles. The van der Waals surface area contributed by atoms with Crippen LogP contribution >= 0.6 is 0 Å². The van der Waals surface area contributed by atoms with Crippen LogP contribution in [0.3, 0.4) is 0 Å². The number of amides is 1. The molecule has 0 saturated carbocycles. The van der Waals surface area contributed by atoms with Crippen LogP contribution in [0.15, 0.2) is 42.5 Å². The fraction of sp³-hybridized carbons (Fsp3) is 0.188. The monoisotopic (exact) mass is 270 g/mol. The van der Waals surface area contributed by atoms with E-state index in [1.165, 1.54) is 6.07 Å². The van der Waals surface area contributed by atoms with Crippen LogP contribution in [0.1, 0.15) is 12.5 Å². The van der Waals surface area contributed by atoms with E-state index in [0.29, 0.717) is 12.2 Å². The molecule has 1 heterocycles. The number of rotatable bonds is 2.